The van der Waals surface area contributed by atoms with Crippen molar-refractivity contribution in [2.45, 2.75) is 25.9 Å². The van der Waals surface area contributed by atoms with E-state index in [2.05, 4.69) is 12.1 Å². The highest BCUT2D eigenvalue weighted by molar-refractivity contribution is 5.86. The van der Waals surface area contributed by atoms with Crippen LogP contribution in [0.4, 0.5) is 4.79 Å². The molecule has 0 aliphatic rings. The van der Waals surface area contributed by atoms with E-state index in [-0.39, 0.29) is 13.2 Å². The lowest BCUT2D eigenvalue weighted by Crippen LogP contribution is -2.39. The molecule has 1 amide bonds. The van der Waals surface area contributed by atoms with Crippen LogP contribution < -0.4 is 0 Å². The fourth-order valence-corrected chi connectivity index (χ4v) is 4.42. The van der Waals surface area contributed by atoms with Gasteiger partial charge >= 0.3 is 12.1 Å². The zero-order chi connectivity index (χ0) is 25.2. The predicted octanol–water partition coefficient (Wildman–Crippen LogP) is 6.35. The summed E-state index contributed by atoms with van der Waals surface area (Å²) in [7, 11) is 0. The molecule has 0 aliphatic heterocycles. The number of benzene rings is 4. The van der Waals surface area contributed by atoms with Crippen LogP contribution in [0.2, 0.25) is 0 Å². The van der Waals surface area contributed by atoms with Crippen LogP contribution in [0.5, 0.6) is 0 Å². The van der Waals surface area contributed by atoms with Crippen molar-refractivity contribution in [3.05, 3.63) is 120 Å². The molecule has 1 unspecified atom stereocenters. The van der Waals surface area contributed by atoms with Gasteiger partial charge in [-0.1, -0.05) is 103 Å². The molecule has 184 valence electrons. The molecule has 5 heteroatoms. The second kappa shape index (κ2) is 12.5. The topological polar surface area (TPSA) is 66.8 Å². The number of carboxylic acids is 1. The maximum atomic E-state index is 13.1. The molecule has 5 nitrogen and oxygen atoms in total. The monoisotopic (exact) mass is 481 g/mol. The number of rotatable bonds is 11. The summed E-state index contributed by atoms with van der Waals surface area (Å²) >= 11 is 0. The molecule has 4 aromatic rings. The second-order valence-electron chi connectivity index (χ2n) is 8.95. The first-order valence-electron chi connectivity index (χ1n) is 12.3. The minimum atomic E-state index is -0.924. The van der Waals surface area contributed by atoms with E-state index in [0.29, 0.717) is 19.4 Å². The van der Waals surface area contributed by atoms with Gasteiger partial charge in [0.05, 0.1) is 5.92 Å². The molecule has 1 N–H and O–H groups in total. The van der Waals surface area contributed by atoms with E-state index >= 15 is 0 Å². The standard InChI is InChI=1S/C31H31NO4/c33-30(34)28(21-27-18-9-17-26-16-7-8-19-29(26)27)22-32(20-10-15-24-11-3-1-4-12-24)31(35)36-23-25-13-5-2-6-14-25/h1-9,11-14,16-19,28H,10,15,20-23H2,(H,33,34). The lowest BCUT2D eigenvalue weighted by molar-refractivity contribution is -0.142. The molecular formula is C31H31NO4. The van der Waals surface area contributed by atoms with Gasteiger partial charge in [-0.05, 0) is 46.7 Å². The molecule has 0 saturated carbocycles. The quantitative estimate of drug-likeness (QED) is 0.271. The molecule has 0 aliphatic carbocycles. The van der Waals surface area contributed by atoms with Crippen LogP contribution >= 0.6 is 0 Å². The van der Waals surface area contributed by atoms with Crippen molar-refractivity contribution in [2.24, 2.45) is 5.92 Å². The summed E-state index contributed by atoms with van der Waals surface area (Å²) in [5.74, 6) is -1.68. The highest BCUT2D eigenvalue weighted by Gasteiger charge is 2.26. The van der Waals surface area contributed by atoms with E-state index in [1.54, 1.807) is 4.90 Å². The number of hydrogen-bond acceptors (Lipinski definition) is 3. The first-order chi connectivity index (χ1) is 17.6. The van der Waals surface area contributed by atoms with E-state index in [1.165, 1.54) is 5.56 Å². The Bertz CT molecular complexity index is 1270. The van der Waals surface area contributed by atoms with E-state index in [4.69, 9.17) is 4.74 Å². The van der Waals surface area contributed by atoms with Crippen LogP contribution in [0.3, 0.4) is 0 Å². The smallest absolute Gasteiger partial charge is 0.410 e. The predicted molar refractivity (Wildman–Crippen MR) is 142 cm³/mol. The Morgan fingerprint density at radius 1 is 0.778 bits per heavy atom. The van der Waals surface area contributed by atoms with Crippen molar-refractivity contribution in [3.63, 3.8) is 0 Å². The van der Waals surface area contributed by atoms with Gasteiger partial charge in [0.1, 0.15) is 6.61 Å². The molecule has 0 bridgehead atoms. The highest BCUT2D eigenvalue weighted by atomic mass is 16.6. The zero-order valence-electron chi connectivity index (χ0n) is 20.3. The number of carboxylic acid groups (broad SMARTS) is 1. The van der Waals surface area contributed by atoms with Gasteiger partial charge in [0.2, 0.25) is 0 Å². The van der Waals surface area contributed by atoms with Crippen LogP contribution in [0, 0.1) is 5.92 Å². The van der Waals surface area contributed by atoms with Crippen LogP contribution in [0.1, 0.15) is 23.1 Å². The maximum Gasteiger partial charge on any atom is 0.410 e. The van der Waals surface area contributed by atoms with E-state index < -0.39 is 18.0 Å². The number of amides is 1. The lowest BCUT2D eigenvalue weighted by Gasteiger charge is -2.26. The number of carbonyl (C=O) groups is 2. The Labute approximate surface area is 212 Å². The Morgan fingerprint density at radius 3 is 2.14 bits per heavy atom. The molecule has 1 atom stereocenters. The average molecular weight is 482 g/mol. The summed E-state index contributed by atoms with van der Waals surface area (Å²) in [6.45, 7) is 0.652. The fourth-order valence-electron chi connectivity index (χ4n) is 4.42. The van der Waals surface area contributed by atoms with Crippen molar-refractivity contribution < 1.29 is 19.4 Å². The van der Waals surface area contributed by atoms with Gasteiger partial charge < -0.3 is 14.7 Å². The van der Waals surface area contributed by atoms with Crippen molar-refractivity contribution in [3.8, 4) is 0 Å². The molecule has 4 aromatic carbocycles. The third kappa shape index (κ3) is 6.95. The molecule has 0 aromatic heterocycles. The summed E-state index contributed by atoms with van der Waals surface area (Å²) in [4.78, 5) is 26.9. The molecule has 36 heavy (non-hydrogen) atoms. The average Bonchev–Trinajstić information content (AvgIpc) is 2.92. The second-order valence-corrected chi connectivity index (χ2v) is 8.95. The number of hydrogen-bond donors (Lipinski definition) is 1. The van der Waals surface area contributed by atoms with Crippen LogP contribution in [-0.2, 0) is 29.0 Å². The number of aliphatic carboxylic acids is 1. The fraction of sp³-hybridized carbons (Fsp3) is 0.226. The third-order valence-corrected chi connectivity index (χ3v) is 6.34. The minimum absolute atomic E-state index is 0.0843. The van der Waals surface area contributed by atoms with Crippen molar-refractivity contribution in [2.75, 3.05) is 13.1 Å². The van der Waals surface area contributed by atoms with Gasteiger partial charge in [-0.2, -0.15) is 0 Å². The summed E-state index contributed by atoms with van der Waals surface area (Å²) in [6, 6.07) is 33.4. The van der Waals surface area contributed by atoms with Gasteiger partial charge in [0.15, 0.2) is 0 Å². The highest BCUT2D eigenvalue weighted by Crippen LogP contribution is 2.22. The molecule has 0 saturated heterocycles. The third-order valence-electron chi connectivity index (χ3n) is 6.34. The lowest BCUT2D eigenvalue weighted by atomic mass is 9.94. The summed E-state index contributed by atoms with van der Waals surface area (Å²) in [5.41, 5.74) is 3.03. The minimum Gasteiger partial charge on any atom is -0.481 e. The van der Waals surface area contributed by atoms with Crippen molar-refractivity contribution in [1.29, 1.82) is 0 Å². The Balaban J connectivity index is 1.48. The van der Waals surface area contributed by atoms with Gasteiger partial charge in [-0.25, -0.2) is 4.79 Å². The van der Waals surface area contributed by atoms with E-state index in [1.807, 2.05) is 91.0 Å². The van der Waals surface area contributed by atoms with Crippen molar-refractivity contribution in [1.82, 2.24) is 4.90 Å². The first kappa shape index (κ1) is 25.0. The summed E-state index contributed by atoms with van der Waals surface area (Å²) in [5, 5.41) is 12.2. The van der Waals surface area contributed by atoms with Crippen LogP contribution in [-0.4, -0.2) is 35.2 Å². The zero-order valence-corrected chi connectivity index (χ0v) is 20.3. The number of ether oxygens (including phenoxy) is 1. The summed E-state index contributed by atoms with van der Waals surface area (Å²) in [6.07, 6.45) is 1.35. The van der Waals surface area contributed by atoms with Crippen LogP contribution in [0.25, 0.3) is 10.8 Å². The van der Waals surface area contributed by atoms with Gasteiger partial charge in [0.25, 0.3) is 0 Å². The SMILES string of the molecule is O=C(O)C(Cc1cccc2ccccc12)CN(CCCc1ccccc1)C(=O)OCc1ccccc1. The Morgan fingerprint density at radius 2 is 1.42 bits per heavy atom. The van der Waals surface area contributed by atoms with Gasteiger partial charge in [0, 0.05) is 13.1 Å². The Hall–Kier alpha value is -4.12. The molecule has 0 spiro atoms. The Kier molecular flexibility index (Phi) is 8.71. The van der Waals surface area contributed by atoms with Crippen molar-refractivity contribution >= 4 is 22.8 Å². The molecular weight excluding hydrogens is 450 g/mol. The number of nitrogens with zero attached hydrogens (tertiary/aromatic N) is 1. The number of fused-ring (bicyclic) bond motifs is 1. The largest absolute Gasteiger partial charge is 0.481 e. The first-order valence-corrected chi connectivity index (χ1v) is 12.3. The number of carbonyl (C=O) groups excluding carboxylic acids is 1. The summed E-state index contributed by atoms with van der Waals surface area (Å²) < 4.78 is 5.59. The molecule has 0 fully saturated rings. The molecule has 0 radical (unpaired) electrons. The maximum absolute atomic E-state index is 13.1. The van der Waals surface area contributed by atoms with Crippen LogP contribution in [0.15, 0.2) is 103 Å². The van der Waals surface area contributed by atoms with E-state index in [9.17, 15) is 14.7 Å². The van der Waals surface area contributed by atoms with Gasteiger partial charge in [-0.3, -0.25) is 4.79 Å². The van der Waals surface area contributed by atoms with E-state index in [0.717, 1.165) is 28.3 Å². The normalized spacial score (nSPS) is 11.7. The van der Waals surface area contributed by atoms with Gasteiger partial charge in [-0.15, -0.1) is 0 Å². The number of aryl methyl sites for hydroxylation is 1. The molecule has 4 rings (SSSR count). The molecule has 0 heterocycles.